The number of aliphatic hydroxyl groups excluding tert-OH is 2. The second-order valence-corrected chi connectivity index (χ2v) is 4.66. The van der Waals surface area contributed by atoms with Crippen molar-refractivity contribution in [3.05, 3.63) is 29.2 Å². The molecular weight excluding hydrogens is 256 g/mol. The van der Waals surface area contributed by atoms with E-state index in [-0.39, 0.29) is 11.3 Å². The third-order valence-electron chi connectivity index (χ3n) is 3.04. The quantitative estimate of drug-likeness (QED) is 0.383. The Balaban J connectivity index is 2.84. The molecule has 0 fully saturated rings. The van der Waals surface area contributed by atoms with Gasteiger partial charge in [0.1, 0.15) is 5.75 Å². The van der Waals surface area contributed by atoms with Crippen molar-refractivity contribution in [2.75, 3.05) is 0 Å². The highest BCUT2D eigenvalue weighted by Gasteiger charge is 2.47. The zero-order valence-corrected chi connectivity index (χ0v) is 10.2. The molecule has 1 heterocycles. The standard InChI is InChI=1S/C12H14O7/c1-11(17)7-6(4-3-5(13)8(7)14)19-12(2,18)10(16)9(11)15/h3-4,13-18H,1-2H3. The number of rotatable bonds is 0. The van der Waals surface area contributed by atoms with Gasteiger partial charge in [-0.2, -0.15) is 0 Å². The van der Waals surface area contributed by atoms with Crippen LogP contribution in [0.1, 0.15) is 19.4 Å². The van der Waals surface area contributed by atoms with Gasteiger partial charge >= 0.3 is 0 Å². The first kappa shape index (κ1) is 13.3. The lowest BCUT2D eigenvalue weighted by Crippen LogP contribution is -2.35. The second kappa shape index (κ2) is 3.69. The number of phenols is 2. The topological polar surface area (TPSA) is 131 Å². The molecule has 0 aliphatic carbocycles. The second-order valence-electron chi connectivity index (χ2n) is 4.66. The van der Waals surface area contributed by atoms with Crippen LogP contribution in [-0.2, 0) is 5.60 Å². The van der Waals surface area contributed by atoms with Gasteiger partial charge in [0.05, 0.1) is 5.56 Å². The van der Waals surface area contributed by atoms with Crippen LogP contribution in [0.3, 0.4) is 0 Å². The van der Waals surface area contributed by atoms with Crippen LogP contribution in [0.5, 0.6) is 17.2 Å². The van der Waals surface area contributed by atoms with Gasteiger partial charge < -0.3 is 35.4 Å². The first-order valence-electron chi connectivity index (χ1n) is 5.41. The van der Waals surface area contributed by atoms with Gasteiger partial charge in [0.2, 0.25) is 5.76 Å². The molecule has 0 amide bonds. The first-order valence-corrected chi connectivity index (χ1v) is 5.41. The molecule has 0 radical (unpaired) electrons. The van der Waals surface area contributed by atoms with E-state index in [4.69, 9.17) is 4.74 Å². The van der Waals surface area contributed by atoms with Gasteiger partial charge in [-0.1, -0.05) is 0 Å². The molecule has 1 aliphatic heterocycles. The lowest BCUT2D eigenvalue weighted by Gasteiger charge is -2.23. The summed E-state index contributed by atoms with van der Waals surface area (Å²) in [6, 6.07) is 2.26. The summed E-state index contributed by atoms with van der Waals surface area (Å²) in [6.07, 6.45) is 0. The lowest BCUT2D eigenvalue weighted by atomic mass is 9.91. The highest BCUT2D eigenvalue weighted by atomic mass is 16.6. The summed E-state index contributed by atoms with van der Waals surface area (Å²) in [5, 5.41) is 58.9. The predicted octanol–water partition coefficient (Wildman–Crippen LogP) is 0.734. The van der Waals surface area contributed by atoms with Crippen molar-refractivity contribution >= 4 is 0 Å². The molecule has 0 bridgehead atoms. The summed E-state index contributed by atoms with van der Waals surface area (Å²) in [5.74, 6) is -5.73. The maximum Gasteiger partial charge on any atom is 0.267 e. The number of ether oxygens (including phenoxy) is 1. The summed E-state index contributed by atoms with van der Waals surface area (Å²) in [7, 11) is 0. The third kappa shape index (κ3) is 1.74. The number of phenolic OH excluding ortho intramolecular Hbond substituents is 2. The van der Waals surface area contributed by atoms with Gasteiger partial charge in [-0.25, -0.2) is 0 Å². The van der Waals surface area contributed by atoms with Gasteiger partial charge in [-0.05, 0) is 19.1 Å². The molecule has 1 aromatic rings. The van der Waals surface area contributed by atoms with Gasteiger partial charge in [0, 0.05) is 6.92 Å². The monoisotopic (exact) mass is 270 g/mol. The van der Waals surface area contributed by atoms with Gasteiger partial charge in [-0.3, -0.25) is 0 Å². The van der Waals surface area contributed by atoms with Crippen molar-refractivity contribution < 1.29 is 35.4 Å². The maximum absolute atomic E-state index is 10.3. The summed E-state index contributed by atoms with van der Waals surface area (Å²) in [6.45, 7) is 2.12. The van der Waals surface area contributed by atoms with E-state index in [9.17, 15) is 30.6 Å². The van der Waals surface area contributed by atoms with E-state index < -0.39 is 34.4 Å². The summed E-state index contributed by atoms with van der Waals surface area (Å²) >= 11 is 0. The highest BCUT2D eigenvalue weighted by Crippen LogP contribution is 2.48. The van der Waals surface area contributed by atoms with E-state index >= 15 is 0 Å². The molecule has 6 N–H and O–H groups in total. The molecule has 1 aromatic carbocycles. The Bertz CT molecular complexity index is 572. The zero-order chi connectivity index (χ0) is 14.6. The van der Waals surface area contributed by atoms with Crippen LogP contribution >= 0.6 is 0 Å². The molecule has 104 valence electrons. The van der Waals surface area contributed by atoms with E-state index in [1.165, 1.54) is 6.07 Å². The fourth-order valence-electron chi connectivity index (χ4n) is 1.95. The van der Waals surface area contributed by atoms with Crippen LogP contribution in [0.15, 0.2) is 23.7 Å². The zero-order valence-electron chi connectivity index (χ0n) is 10.2. The molecule has 2 rings (SSSR count). The molecule has 7 nitrogen and oxygen atoms in total. The molecular formula is C12H14O7. The summed E-state index contributed by atoms with van der Waals surface area (Å²) in [4.78, 5) is 0. The number of aliphatic hydroxyl groups is 4. The summed E-state index contributed by atoms with van der Waals surface area (Å²) in [5.41, 5.74) is -2.61. The van der Waals surface area contributed by atoms with E-state index in [0.717, 1.165) is 19.9 Å². The van der Waals surface area contributed by atoms with E-state index in [0.29, 0.717) is 0 Å². The molecule has 2 unspecified atom stereocenters. The molecule has 2 atom stereocenters. The van der Waals surface area contributed by atoms with Crippen LogP contribution in [0.2, 0.25) is 0 Å². The van der Waals surface area contributed by atoms with Crippen LogP contribution in [-0.4, -0.2) is 36.4 Å². The lowest BCUT2D eigenvalue weighted by molar-refractivity contribution is -0.117. The van der Waals surface area contributed by atoms with Crippen molar-refractivity contribution in [1.82, 2.24) is 0 Å². The normalized spacial score (nSPS) is 30.5. The van der Waals surface area contributed by atoms with E-state index in [1.807, 2.05) is 0 Å². The van der Waals surface area contributed by atoms with Crippen molar-refractivity contribution in [2.45, 2.75) is 25.2 Å². The first-order chi connectivity index (χ1) is 8.59. The highest BCUT2D eigenvalue weighted by molar-refractivity contribution is 5.58. The van der Waals surface area contributed by atoms with E-state index in [1.54, 1.807) is 0 Å². The molecule has 0 saturated heterocycles. The Labute approximate surface area is 108 Å². The Morgan fingerprint density at radius 3 is 2.11 bits per heavy atom. The molecule has 7 heteroatoms. The number of fused-ring (bicyclic) bond motifs is 1. The van der Waals surface area contributed by atoms with Gasteiger partial charge in [0.15, 0.2) is 22.9 Å². The van der Waals surface area contributed by atoms with Crippen LogP contribution in [0.25, 0.3) is 0 Å². The minimum Gasteiger partial charge on any atom is -0.506 e. The number of aromatic hydroxyl groups is 2. The third-order valence-corrected chi connectivity index (χ3v) is 3.04. The molecule has 0 saturated carbocycles. The fraction of sp³-hybridized carbons (Fsp3) is 0.333. The molecule has 0 aromatic heterocycles. The van der Waals surface area contributed by atoms with E-state index in [2.05, 4.69) is 0 Å². The summed E-state index contributed by atoms with van der Waals surface area (Å²) < 4.78 is 5.05. The minimum absolute atomic E-state index is 0.194. The van der Waals surface area contributed by atoms with Crippen LogP contribution < -0.4 is 4.74 Å². The molecule has 19 heavy (non-hydrogen) atoms. The predicted molar refractivity (Wildman–Crippen MR) is 62.9 cm³/mol. The number of hydrogen-bond donors (Lipinski definition) is 6. The van der Waals surface area contributed by atoms with Gasteiger partial charge in [-0.15, -0.1) is 0 Å². The Hall–Kier alpha value is -2.12. The molecule has 1 aliphatic rings. The Morgan fingerprint density at radius 2 is 1.53 bits per heavy atom. The van der Waals surface area contributed by atoms with Crippen molar-refractivity contribution in [1.29, 1.82) is 0 Å². The van der Waals surface area contributed by atoms with Crippen molar-refractivity contribution in [3.8, 4) is 17.2 Å². The fourth-order valence-corrected chi connectivity index (χ4v) is 1.95. The largest absolute Gasteiger partial charge is 0.506 e. The molecule has 0 spiro atoms. The SMILES string of the molecule is CC1(O)Oc2ccc(O)c(O)c2C(C)(O)C(O)=C1O. The van der Waals surface area contributed by atoms with Crippen LogP contribution in [0, 0.1) is 0 Å². The van der Waals surface area contributed by atoms with Crippen molar-refractivity contribution in [3.63, 3.8) is 0 Å². The smallest absolute Gasteiger partial charge is 0.267 e. The maximum atomic E-state index is 10.3. The average molecular weight is 270 g/mol. The minimum atomic E-state index is -2.29. The number of hydrogen-bond acceptors (Lipinski definition) is 7. The average Bonchev–Trinajstić information content (AvgIpc) is 2.35. The number of benzene rings is 1. The van der Waals surface area contributed by atoms with Crippen LogP contribution in [0.4, 0.5) is 0 Å². The Kier molecular flexibility index (Phi) is 2.58. The van der Waals surface area contributed by atoms with Gasteiger partial charge in [0.25, 0.3) is 5.79 Å². The van der Waals surface area contributed by atoms with Crippen molar-refractivity contribution in [2.24, 2.45) is 0 Å². The Morgan fingerprint density at radius 1 is 0.947 bits per heavy atom.